The van der Waals surface area contributed by atoms with E-state index in [2.05, 4.69) is 28.0 Å². The van der Waals surface area contributed by atoms with E-state index in [1.165, 1.54) is 0 Å². The topological polar surface area (TPSA) is 18.8 Å². The fraction of sp³-hybridized carbons (Fsp3) is 0.833. The van der Waals surface area contributed by atoms with Crippen LogP contribution in [0.2, 0.25) is 0 Å². The predicted molar refractivity (Wildman–Crippen MR) is 46.0 cm³/mol. The van der Waals surface area contributed by atoms with E-state index >= 15 is 0 Å². The van der Waals surface area contributed by atoms with Crippen molar-refractivity contribution >= 4 is 22.3 Å². The normalized spacial score (nSPS) is 24.5. The Bertz CT molecular complexity index is 137. The van der Waals surface area contributed by atoms with Gasteiger partial charge in [-0.25, -0.2) is 0 Å². The zero-order valence-corrected chi connectivity index (χ0v) is 7.87. The molecule has 0 fully saturated rings. The second kappa shape index (κ2) is 3.23. The second-order valence-corrected chi connectivity index (χ2v) is 3.19. The average Bonchev–Trinajstić information content (AvgIpc) is 2.20. The minimum absolute atomic E-state index is 0.257. The van der Waals surface area contributed by atoms with Gasteiger partial charge in [0.05, 0.1) is 0 Å². The fourth-order valence-corrected chi connectivity index (χ4v) is 1.28. The Morgan fingerprint density at radius 1 is 1.70 bits per heavy atom. The van der Waals surface area contributed by atoms with Gasteiger partial charge in [-0.05, 0) is 22.4 Å². The van der Waals surface area contributed by atoms with Gasteiger partial charge in [0.2, 0.25) is 0 Å². The highest BCUT2D eigenvalue weighted by molar-refractivity contribution is 9.09. The first-order valence-electron chi connectivity index (χ1n) is 3.42. The maximum atomic E-state index is 4.17. The molecule has 0 aromatic rings. The van der Waals surface area contributed by atoms with E-state index in [0.29, 0.717) is 0 Å². The standard InChI is InChI=1S/C6H12BrN3/c1-3-4-10-6(7)9(2)5-8-10/h5-6H,3-4H2,1-2H3. The Balaban J connectivity index is 2.41. The molecule has 1 atom stereocenters. The van der Waals surface area contributed by atoms with Crippen LogP contribution >= 0.6 is 15.9 Å². The molecule has 0 aliphatic carbocycles. The third-order valence-corrected chi connectivity index (χ3v) is 2.54. The highest BCUT2D eigenvalue weighted by atomic mass is 79.9. The molecule has 3 nitrogen and oxygen atoms in total. The summed E-state index contributed by atoms with van der Waals surface area (Å²) >= 11 is 3.50. The average molecular weight is 206 g/mol. The van der Waals surface area contributed by atoms with Gasteiger partial charge in [0.1, 0.15) is 6.34 Å². The molecule has 0 aromatic heterocycles. The molecular weight excluding hydrogens is 194 g/mol. The highest BCUT2D eigenvalue weighted by Gasteiger charge is 2.20. The summed E-state index contributed by atoms with van der Waals surface area (Å²) in [5, 5.41) is 6.45. The number of halogens is 1. The van der Waals surface area contributed by atoms with Crippen LogP contribution in [0, 0.1) is 0 Å². The lowest BCUT2D eigenvalue weighted by Crippen LogP contribution is -2.32. The Kier molecular flexibility index (Phi) is 2.54. The molecule has 0 bridgehead atoms. The molecule has 0 spiro atoms. The molecule has 10 heavy (non-hydrogen) atoms. The van der Waals surface area contributed by atoms with Crippen LogP contribution in [0.25, 0.3) is 0 Å². The van der Waals surface area contributed by atoms with Crippen LogP contribution in [-0.4, -0.2) is 34.9 Å². The quantitative estimate of drug-likeness (QED) is 0.500. The molecule has 1 unspecified atom stereocenters. The minimum Gasteiger partial charge on any atom is -0.334 e. The lowest BCUT2D eigenvalue weighted by atomic mass is 10.5. The van der Waals surface area contributed by atoms with Gasteiger partial charge < -0.3 is 4.90 Å². The first-order valence-corrected chi connectivity index (χ1v) is 4.34. The predicted octanol–water partition coefficient (Wildman–Crippen LogP) is 1.27. The van der Waals surface area contributed by atoms with E-state index < -0.39 is 0 Å². The lowest BCUT2D eigenvalue weighted by Gasteiger charge is -2.21. The molecule has 1 aliphatic heterocycles. The number of hydrazone groups is 1. The number of alkyl halides is 1. The van der Waals surface area contributed by atoms with Crippen molar-refractivity contribution in [2.75, 3.05) is 13.6 Å². The van der Waals surface area contributed by atoms with Crippen molar-refractivity contribution in [1.82, 2.24) is 9.91 Å². The zero-order valence-electron chi connectivity index (χ0n) is 6.29. The first kappa shape index (κ1) is 7.85. The number of nitrogens with zero attached hydrogens (tertiary/aromatic N) is 3. The zero-order chi connectivity index (χ0) is 7.56. The first-order chi connectivity index (χ1) is 4.75. The fourth-order valence-electron chi connectivity index (χ4n) is 0.861. The molecule has 1 rings (SSSR count). The summed E-state index contributed by atoms with van der Waals surface area (Å²) in [5.74, 6) is 0. The summed E-state index contributed by atoms with van der Waals surface area (Å²) in [6, 6.07) is 0. The van der Waals surface area contributed by atoms with Crippen LogP contribution in [0.5, 0.6) is 0 Å². The van der Waals surface area contributed by atoms with Gasteiger partial charge in [-0.2, -0.15) is 5.10 Å². The molecule has 1 aliphatic rings. The number of rotatable bonds is 2. The van der Waals surface area contributed by atoms with Crippen LogP contribution < -0.4 is 0 Å². The van der Waals surface area contributed by atoms with Crippen LogP contribution in [0.3, 0.4) is 0 Å². The van der Waals surface area contributed by atoms with Crippen LogP contribution in [0.15, 0.2) is 5.10 Å². The maximum Gasteiger partial charge on any atom is 0.175 e. The van der Waals surface area contributed by atoms with E-state index in [9.17, 15) is 0 Å². The Hall–Kier alpha value is -0.250. The molecule has 0 saturated carbocycles. The molecule has 0 saturated heterocycles. The number of hydrogen-bond donors (Lipinski definition) is 0. The number of hydrogen-bond acceptors (Lipinski definition) is 3. The third kappa shape index (κ3) is 1.42. The van der Waals surface area contributed by atoms with E-state index in [0.717, 1.165) is 13.0 Å². The van der Waals surface area contributed by atoms with Crippen LogP contribution in [-0.2, 0) is 0 Å². The molecule has 0 amide bonds. The van der Waals surface area contributed by atoms with Crippen molar-refractivity contribution < 1.29 is 0 Å². The summed E-state index contributed by atoms with van der Waals surface area (Å²) < 4.78 is 0. The second-order valence-electron chi connectivity index (χ2n) is 2.37. The molecule has 0 N–H and O–H groups in total. The van der Waals surface area contributed by atoms with Gasteiger partial charge >= 0.3 is 0 Å². The van der Waals surface area contributed by atoms with E-state index in [1.807, 2.05) is 23.3 Å². The third-order valence-electron chi connectivity index (χ3n) is 1.42. The smallest absolute Gasteiger partial charge is 0.175 e. The van der Waals surface area contributed by atoms with Crippen molar-refractivity contribution in [1.29, 1.82) is 0 Å². The van der Waals surface area contributed by atoms with Crippen LogP contribution in [0.4, 0.5) is 0 Å². The van der Waals surface area contributed by atoms with Gasteiger partial charge in [-0.3, -0.25) is 5.01 Å². The Morgan fingerprint density at radius 2 is 2.40 bits per heavy atom. The molecule has 58 valence electrons. The Morgan fingerprint density at radius 3 is 2.80 bits per heavy atom. The summed E-state index contributed by atoms with van der Waals surface area (Å²) in [6.45, 7) is 3.16. The Labute approximate surface area is 69.8 Å². The van der Waals surface area contributed by atoms with Gasteiger partial charge in [-0.1, -0.05) is 6.92 Å². The van der Waals surface area contributed by atoms with E-state index in [1.54, 1.807) is 0 Å². The van der Waals surface area contributed by atoms with Gasteiger partial charge in [0.15, 0.2) is 5.08 Å². The summed E-state index contributed by atoms with van der Waals surface area (Å²) in [4.78, 5) is 2.02. The van der Waals surface area contributed by atoms with Gasteiger partial charge in [0, 0.05) is 13.6 Å². The maximum absolute atomic E-state index is 4.17. The summed E-state index contributed by atoms with van der Waals surface area (Å²) in [7, 11) is 2.00. The lowest BCUT2D eigenvalue weighted by molar-refractivity contribution is 0.229. The molecular formula is C6H12BrN3. The van der Waals surface area contributed by atoms with Crippen molar-refractivity contribution in [3.8, 4) is 0 Å². The van der Waals surface area contributed by atoms with Crippen molar-refractivity contribution in [2.45, 2.75) is 18.4 Å². The van der Waals surface area contributed by atoms with E-state index in [-0.39, 0.29) is 5.08 Å². The molecule has 1 heterocycles. The highest BCUT2D eigenvalue weighted by Crippen LogP contribution is 2.15. The molecule has 0 aromatic carbocycles. The van der Waals surface area contributed by atoms with Crippen molar-refractivity contribution in [3.05, 3.63) is 0 Å². The minimum atomic E-state index is 0.257. The molecule has 0 radical (unpaired) electrons. The summed E-state index contributed by atoms with van der Waals surface area (Å²) in [5.41, 5.74) is 0. The van der Waals surface area contributed by atoms with Gasteiger partial charge in [0.25, 0.3) is 0 Å². The largest absolute Gasteiger partial charge is 0.334 e. The van der Waals surface area contributed by atoms with Crippen molar-refractivity contribution in [3.63, 3.8) is 0 Å². The summed E-state index contributed by atoms with van der Waals surface area (Å²) in [6.07, 6.45) is 2.96. The van der Waals surface area contributed by atoms with E-state index in [4.69, 9.17) is 0 Å². The van der Waals surface area contributed by atoms with Crippen LogP contribution in [0.1, 0.15) is 13.3 Å². The van der Waals surface area contributed by atoms with Gasteiger partial charge in [-0.15, -0.1) is 0 Å². The SMILES string of the molecule is CCCN1N=CN(C)C1Br. The molecule has 4 heteroatoms. The monoisotopic (exact) mass is 205 g/mol. The van der Waals surface area contributed by atoms with Crippen molar-refractivity contribution in [2.24, 2.45) is 5.10 Å².